The number of nitrogens with one attached hydrogen (secondary N) is 1. The highest BCUT2D eigenvalue weighted by molar-refractivity contribution is 7.94. The van der Waals surface area contributed by atoms with Crippen molar-refractivity contribution in [2.24, 2.45) is 7.05 Å². The predicted molar refractivity (Wildman–Crippen MR) is 63.1 cm³/mol. The number of carbonyl (C=O) groups is 1. The molecule has 0 atom stereocenters. The van der Waals surface area contributed by atoms with E-state index in [0.29, 0.717) is 0 Å². The van der Waals surface area contributed by atoms with Crippen molar-refractivity contribution in [3.8, 4) is 0 Å². The molecule has 0 bridgehead atoms. The Morgan fingerprint density at radius 2 is 2.28 bits per heavy atom. The third kappa shape index (κ3) is 2.33. The summed E-state index contributed by atoms with van der Waals surface area (Å²) in [5.41, 5.74) is -0.0710. The molecule has 0 aliphatic heterocycles. The number of sulfonamides is 1. The van der Waals surface area contributed by atoms with E-state index in [1.54, 1.807) is 0 Å². The first-order valence-electron chi connectivity index (χ1n) is 4.59. The zero-order chi connectivity index (χ0) is 13.3. The van der Waals surface area contributed by atoms with E-state index < -0.39 is 16.0 Å². The highest BCUT2D eigenvalue weighted by atomic mass is 32.2. The third-order valence-corrected chi connectivity index (χ3v) is 4.79. The Morgan fingerprint density at radius 1 is 1.56 bits per heavy atom. The lowest BCUT2D eigenvalue weighted by Gasteiger charge is -2.03. The molecule has 2 aromatic heterocycles. The van der Waals surface area contributed by atoms with Crippen LogP contribution in [0.2, 0.25) is 0 Å². The second kappa shape index (κ2) is 4.38. The first-order valence-corrected chi connectivity index (χ1v) is 6.95. The van der Waals surface area contributed by atoms with Crippen LogP contribution in [0.1, 0.15) is 10.4 Å². The Bertz CT molecular complexity index is 688. The number of rotatable bonds is 4. The standard InChI is InChI=1S/C8H8N4O4S2/c1-12-8(9-4-10-12)11-18(15,16)6-2-5(3-17-6)7(13)14/h2-4H,1H3,(H,13,14)(H,9,10,11). The minimum atomic E-state index is -3.84. The number of aryl methyl sites for hydroxylation is 1. The topological polar surface area (TPSA) is 114 Å². The zero-order valence-corrected chi connectivity index (χ0v) is 10.7. The molecule has 10 heteroatoms. The number of aromatic nitrogens is 3. The van der Waals surface area contributed by atoms with Gasteiger partial charge in [0.15, 0.2) is 0 Å². The van der Waals surface area contributed by atoms with Crippen LogP contribution in [0, 0.1) is 0 Å². The van der Waals surface area contributed by atoms with Gasteiger partial charge < -0.3 is 5.11 Å². The molecule has 0 amide bonds. The van der Waals surface area contributed by atoms with E-state index in [2.05, 4.69) is 14.8 Å². The molecule has 96 valence electrons. The minimum Gasteiger partial charge on any atom is -0.478 e. The van der Waals surface area contributed by atoms with Crippen molar-refractivity contribution in [1.29, 1.82) is 0 Å². The van der Waals surface area contributed by atoms with Crippen LogP contribution in [0.25, 0.3) is 0 Å². The predicted octanol–water partition coefficient (Wildman–Crippen LogP) is 0.376. The number of thiophene rings is 1. The Labute approximate surface area is 106 Å². The van der Waals surface area contributed by atoms with Gasteiger partial charge in [0.2, 0.25) is 5.95 Å². The summed E-state index contributed by atoms with van der Waals surface area (Å²) in [5.74, 6) is -1.12. The molecule has 0 spiro atoms. The molecule has 2 aromatic rings. The fourth-order valence-corrected chi connectivity index (χ4v) is 3.32. The number of hydrogen-bond acceptors (Lipinski definition) is 6. The van der Waals surface area contributed by atoms with Crippen molar-refractivity contribution in [2.75, 3.05) is 4.72 Å². The average Bonchev–Trinajstić information content (AvgIpc) is 2.88. The normalized spacial score (nSPS) is 11.4. The van der Waals surface area contributed by atoms with Crippen LogP contribution in [0.4, 0.5) is 5.95 Å². The summed E-state index contributed by atoms with van der Waals surface area (Å²) in [6.07, 6.45) is 1.20. The lowest BCUT2D eigenvalue weighted by atomic mass is 10.4. The van der Waals surface area contributed by atoms with Crippen molar-refractivity contribution >= 4 is 33.3 Å². The minimum absolute atomic E-state index is 0.0558. The number of nitrogens with zero attached hydrogens (tertiary/aromatic N) is 3. The zero-order valence-electron chi connectivity index (χ0n) is 9.06. The van der Waals surface area contributed by atoms with Crippen LogP contribution in [0.5, 0.6) is 0 Å². The van der Waals surface area contributed by atoms with Gasteiger partial charge in [-0.05, 0) is 6.07 Å². The second-order valence-corrected chi connectivity index (χ2v) is 6.09. The van der Waals surface area contributed by atoms with E-state index >= 15 is 0 Å². The Morgan fingerprint density at radius 3 is 2.78 bits per heavy atom. The van der Waals surface area contributed by atoms with Crippen molar-refractivity contribution in [3.05, 3.63) is 23.3 Å². The van der Waals surface area contributed by atoms with Crippen LogP contribution in [-0.2, 0) is 17.1 Å². The van der Waals surface area contributed by atoms with Crippen LogP contribution >= 0.6 is 11.3 Å². The van der Waals surface area contributed by atoms with Gasteiger partial charge >= 0.3 is 5.97 Å². The third-order valence-electron chi connectivity index (χ3n) is 2.02. The van der Waals surface area contributed by atoms with Crippen LogP contribution < -0.4 is 4.72 Å². The lowest BCUT2D eigenvalue weighted by molar-refractivity contribution is 0.0697. The van der Waals surface area contributed by atoms with Crippen LogP contribution in [-0.4, -0.2) is 34.3 Å². The van der Waals surface area contributed by atoms with Gasteiger partial charge in [0.1, 0.15) is 10.5 Å². The highest BCUT2D eigenvalue weighted by Gasteiger charge is 2.20. The molecule has 0 aromatic carbocycles. The highest BCUT2D eigenvalue weighted by Crippen LogP contribution is 2.22. The molecule has 18 heavy (non-hydrogen) atoms. The number of anilines is 1. The molecule has 2 heterocycles. The molecule has 0 saturated carbocycles. The maximum absolute atomic E-state index is 11.9. The van der Waals surface area contributed by atoms with Crippen LogP contribution in [0.3, 0.4) is 0 Å². The number of hydrogen-bond donors (Lipinski definition) is 2. The SMILES string of the molecule is Cn1ncnc1NS(=O)(=O)c1cc(C(=O)O)cs1. The molecule has 0 aliphatic rings. The van der Waals surface area contributed by atoms with E-state index in [4.69, 9.17) is 5.11 Å². The Balaban J connectivity index is 2.31. The summed E-state index contributed by atoms with van der Waals surface area (Å²) in [4.78, 5) is 14.4. The molecule has 2 rings (SSSR count). The van der Waals surface area contributed by atoms with Crippen molar-refractivity contribution in [3.63, 3.8) is 0 Å². The monoisotopic (exact) mass is 288 g/mol. The van der Waals surface area contributed by atoms with Crippen molar-refractivity contribution in [2.45, 2.75) is 4.21 Å². The maximum atomic E-state index is 11.9. The first kappa shape index (κ1) is 12.5. The molecular formula is C8H8N4O4S2. The van der Waals surface area contributed by atoms with E-state index in [1.165, 1.54) is 23.4 Å². The second-order valence-electron chi connectivity index (χ2n) is 3.27. The molecule has 0 aliphatic carbocycles. The summed E-state index contributed by atoms with van der Waals surface area (Å²) in [5, 5.41) is 13.7. The Hall–Kier alpha value is -1.94. The van der Waals surface area contributed by atoms with Crippen molar-refractivity contribution in [1.82, 2.24) is 14.8 Å². The summed E-state index contributed by atoms with van der Waals surface area (Å²) in [6.45, 7) is 0. The van der Waals surface area contributed by atoms with Gasteiger partial charge in [-0.3, -0.25) is 0 Å². The summed E-state index contributed by atoms with van der Waals surface area (Å²) in [7, 11) is -2.31. The lowest BCUT2D eigenvalue weighted by Crippen LogP contribution is -2.15. The van der Waals surface area contributed by atoms with Gasteiger partial charge in [0.25, 0.3) is 10.0 Å². The molecule has 0 saturated heterocycles. The van der Waals surface area contributed by atoms with Gasteiger partial charge in [0.05, 0.1) is 5.56 Å². The van der Waals surface area contributed by atoms with Gasteiger partial charge in [-0.1, -0.05) is 0 Å². The number of carboxylic acid groups (broad SMARTS) is 1. The number of aromatic carboxylic acids is 1. The van der Waals surface area contributed by atoms with Gasteiger partial charge in [-0.2, -0.15) is 10.1 Å². The van der Waals surface area contributed by atoms with E-state index in [1.807, 2.05) is 0 Å². The van der Waals surface area contributed by atoms with Gasteiger partial charge in [-0.25, -0.2) is 22.6 Å². The smallest absolute Gasteiger partial charge is 0.336 e. The molecule has 0 radical (unpaired) electrons. The molecule has 0 fully saturated rings. The number of carboxylic acids is 1. The fourth-order valence-electron chi connectivity index (χ4n) is 1.13. The van der Waals surface area contributed by atoms with E-state index in [9.17, 15) is 13.2 Å². The van der Waals surface area contributed by atoms with E-state index in [-0.39, 0.29) is 15.7 Å². The fraction of sp³-hybridized carbons (Fsp3) is 0.125. The summed E-state index contributed by atoms with van der Waals surface area (Å²) in [6, 6.07) is 1.09. The largest absolute Gasteiger partial charge is 0.478 e. The first-order chi connectivity index (χ1) is 8.40. The molecule has 8 nitrogen and oxygen atoms in total. The van der Waals surface area contributed by atoms with Gasteiger partial charge in [0, 0.05) is 12.4 Å². The van der Waals surface area contributed by atoms with E-state index in [0.717, 1.165) is 17.4 Å². The van der Waals surface area contributed by atoms with Crippen molar-refractivity contribution < 1.29 is 18.3 Å². The quantitative estimate of drug-likeness (QED) is 0.840. The molecule has 0 unspecified atom stereocenters. The van der Waals surface area contributed by atoms with Crippen LogP contribution in [0.15, 0.2) is 22.0 Å². The van der Waals surface area contributed by atoms with Gasteiger partial charge in [-0.15, -0.1) is 11.3 Å². The molecule has 2 N–H and O–H groups in total. The summed E-state index contributed by atoms with van der Waals surface area (Å²) < 4.78 is 27.2. The summed E-state index contributed by atoms with van der Waals surface area (Å²) >= 11 is 0.824. The molecular weight excluding hydrogens is 280 g/mol. The average molecular weight is 288 g/mol. The Kier molecular flexibility index (Phi) is 3.05. The maximum Gasteiger partial charge on any atom is 0.336 e.